The van der Waals surface area contributed by atoms with Crippen LogP contribution >= 0.6 is 24.0 Å². The number of nitrogens with one attached hydrogen (secondary N) is 2. The van der Waals surface area contributed by atoms with Crippen LogP contribution in [0.15, 0.2) is 53.5 Å². The standard InChI is InChI=1S/C19H25FN4O2S.HI/c1-21-19(24(3)13-16-7-5-9-18(20)11-16)23-12-15-6-4-8-17(10-15)14-27(25,26)22-2;/h4-11,22H,12-14H2,1-3H3,(H,21,23);1H. The molecule has 0 saturated heterocycles. The van der Waals surface area contributed by atoms with Crippen LogP contribution in [-0.4, -0.2) is 40.4 Å². The van der Waals surface area contributed by atoms with E-state index >= 15 is 0 Å². The van der Waals surface area contributed by atoms with Crippen molar-refractivity contribution in [3.05, 3.63) is 71.0 Å². The largest absolute Gasteiger partial charge is 0.352 e. The maximum atomic E-state index is 13.3. The van der Waals surface area contributed by atoms with Crippen molar-refractivity contribution in [1.29, 1.82) is 0 Å². The molecule has 28 heavy (non-hydrogen) atoms. The van der Waals surface area contributed by atoms with E-state index in [1.54, 1.807) is 19.2 Å². The lowest BCUT2D eigenvalue weighted by Gasteiger charge is -2.22. The van der Waals surface area contributed by atoms with Crippen molar-refractivity contribution >= 4 is 40.0 Å². The van der Waals surface area contributed by atoms with Gasteiger partial charge in [-0.25, -0.2) is 17.5 Å². The number of halogens is 2. The zero-order valence-corrected chi connectivity index (χ0v) is 19.3. The Morgan fingerprint density at radius 1 is 1.11 bits per heavy atom. The first-order valence-corrected chi connectivity index (χ1v) is 10.1. The van der Waals surface area contributed by atoms with Gasteiger partial charge >= 0.3 is 0 Å². The van der Waals surface area contributed by atoms with E-state index in [-0.39, 0.29) is 35.5 Å². The summed E-state index contributed by atoms with van der Waals surface area (Å²) in [5, 5.41) is 3.24. The molecule has 0 fully saturated rings. The molecule has 9 heteroatoms. The molecule has 2 aromatic carbocycles. The lowest BCUT2D eigenvalue weighted by molar-refractivity contribution is 0.474. The van der Waals surface area contributed by atoms with Gasteiger partial charge in [-0.1, -0.05) is 36.4 Å². The van der Waals surface area contributed by atoms with Crippen LogP contribution in [0.3, 0.4) is 0 Å². The highest BCUT2D eigenvalue weighted by Crippen LogP contribution is 2.10. The molecule has 0 amide bonds. The summed E-state index contributed by atoms with van der Waals surface area (Å²) in [4.78, 5) is 6.14. The fourth-order valence-electron chi connectivity index (χ4n) is 2.67. The average molecular weight is 520 g/mol. The number of guanidine groups is 1. The summed E-state index contributed by atoms with van der Waals surface area (Å²) in [7, 11) is 1.64. The average Bonchev–Trinajstić information content (AvgIpc) is 2.62. The summed E-state index contributed by atoms with van der Waals surface area (Å²) < 4.78 is 39.1. The first kappa shape index (κ1) is 24.3. The van der Waals surface area contributed by atoms with Gasteiger partial charge in [0.1, 0.15) is 5.82 Å². The number of hydrogen-bond acceptors (Lipinski definition) is 3. The molecule has 0 unspecified atom stereocenters. The van der Waals surface area contributed by atoms with E-state index in [2.05, 4.69) is 15.0 Å². The molecule has 0 radical (unpaired) electrons. The van der Waals surface area contributed by atoms with Gasteiger partial charge in [-0.2, -0.15) is 0 Å². The Kier molecular flexibility index (Phi) is 9.83. The monoisotopic (exact) mass is 520 g/mol. The van der Waals surface area contributed by atoms with Gasteiger partial charge in [0.05, 0.1) is 5.75 Å². The lowest BCUT2D eigenvalue weighted by Crippen LogP contribution is -2.38. The van der Waals surface area contributed by atoms with E-state index in [0.717, 1.165) is 11.1 Å². The number of sulfonamides is 1. The van der Waals surface area contributed by atoms with Gasteiger partial charge in [0.2, 0.25) is 10.0 Å². The quantitative estimate of drug-likeness (QED) is 0.335. The number of benzene rings is 2. The molecule has 0 bridgehead atoms. The van der Waals surface area contributed by atoms with Crippen molar-refractivity contribution in [2.75, 3.05) is 21.1 Å². The van der Waals surface area contributed by atoms with Gasteiger partial charge in [-0.15, -0.1) is 24.0 Å². The number of hydrogen-bond donors (Lipinski definition) is 2. The van der Waals surface area contributed by atoms with Crippen molar-refractivity contribution in [3.63, 3.8) is 0 Å². The third-order valence-electron chi connectivity index (χ3n) is 3.99. The molecule has 0 spiro atoms. The molecular formula is C19H26FIN4O2S. The molecule has 0 aliphatic rings. The van der Waals surface area contributed by atoms with Crippen LogP contribution in [0.4, 0.5) is 4.39 Å². The van der Waals surface area contributed by atoms with E-state index in [1.807, 2.05) is 36.2 Å². The van der Waals surface area contributed by atoms with Crippen molar-refractivity contribution in [2.24, 2.45) is 4.99 Å². The Morgan fingerprint density at radius 3 is 2.39 bits per heavy atom. The van der Waals surface area contributed by atoms with Gasteiger partial charge < -0.3 is 10.2 Å². The van der Waals surface area contributed by atoms with Crippen LogP contribution < -0.4 is 10.0 Å². The summed E-state index contributed by atoms with van der Waals surface area (Å²) in [5.41, 5.74) is 2.51. The first-order chi connectivity index (χ1) is 12.8. The van der Waals surface area contributed by atoms with Crippen LogP contribution in [0, 0.1) is 5.82 Å². The van der Waals surface area contributed by atoms with E-state index in [9.17, 15) is 12.8 Å². The highest BCUT2D eigenvalue weighted by Gasteiger charge is 2.10. The predicted molar refractivity (Wildman–Crippen MR) is 122 cm³/mol. The maximum Gasteiger partial charge on any atom is 0.215 e. The second-order valence-electron chi connectivity index (χ2n) is 6.17. The van der Waals surface area contributed by atoms with Crippen LogP contribution in [0.2, 0.25) is 0 Å². The third-order valence-corrected chi connectivity index (χ3v) is 5.33. The summed E-state index contributed by atoms with van der Waals surface area (Å²) in [6.45, 7) is 1.01. The molecule has 0 aliphatic heterocycles. The summed E-state index contributed by atoms with van der Waals surface area (Å²) >= 11 is 0. The predicted octanol–water partition coefficient (Wildman–Crippen LogP) is 2.70. The van der Waals surface area contributed by atoms with Gasteiger partial charge in [0, 0.05) is 27.2 Å². The van der Waals surface area contributed by atoms with E-state index in [0.29, 0.717) is 24.6 Å². The van der Waals surface area contributed by atoms with Crippen LogP contribution in [0.5, 0.6) is 0 Å². The highest BCUT2D eigenvalue weighted by atomic mass is 127. The smallest absolute Gasteiger partial charge is 0.215 e. The molecule has 0 aromatic heterocycles. The lowest BCUT2D eigenvalue weighted by atomic mass is 10.1. The SMILES string of the molecule is CN=C(NCc1cccc(CS(=O)(=O)NC)c1)N(C)Cc1cccc(F)c1.I. The fraction of sp³-hybridized carbons (Fsp3) is 0.316. The van der Waals surface area contributed by atoms with Crippen LogP contribution in [0.1, 0.15) is 16.7 Å². The highest BCUT2D eigenvalue weighted by molar-refractivity contribution is 14.0. The number of rotatable bonds is 7. The maximum absolute atomic E-state index is 13.3. The molecule has 2 N–H and O–H groups in total. The normalized spacial score (nSPS) is 11.6. The Balaban J connectivity index is 0.00000392. The van der Waals surface area contributed by atoms with Crippen molar-refractivity contribution in [3.8, 4) is 0 Å². The molecule has 0 aliphatic carbocycles. The van der Waals surface area contributed by atoms with E-state index < -0.39 is 10.0 Å². The zero-order chi connectivity index (χ0) is 19.9. The van der Waals surface area contributed by atoms with E-state index in [1.165, 1.54) is 19.2 Å². The molecule has 0 atom stereocenters. The Labute approximate surface area is 183 Å². The third kappa shape index (κ3) is 7.72. The minimum absolute atomic E-state index is 0. The molecule has 2 rings (SSSR count). The molecule has 0 saturated carbocycles. The Hall–Kier alpha value is -1.72. The molecule has 0 heterocycles. The van der Waals surface area contributed by atoms with Gasteiger partial charge in [-0.3, -0.25) is 4.99 Å². The molecule has 2 aromatic rings. The molecule has 6 nitrogen and oxygen atoms in total. The number of aliphatic imine (C=N–C) groups is 1. The Bertz CT molecular complexity index is 906. The van der Waals surface area contributed by atoms with Gasteiger partial charge in [-0.05, 0) is 35.9 Å². The second-order valence-corrected chi connectivity index (χ2v) is 8.10. The second kappa shape index (κ2) is 11.3. The first-order valence-electron chi connectivity index (χ1n) is 8.48. The van der Waals surface area contributed by atoms with Crippen molar-refractivity contribution in [1.82, 2.24) is 14.9 Å². The van der Waals surface area contributed by atoms with E-state index in [4.69, 9.17) is 0 Å². The van der Waals surface area contributed by atoms with Crippen molar-refractivity contribution in [2.45, 2.75) is 18.8 Å². The minimum atomic E-state index is -3.31. The fourth-order valence-corrected chi connectivity index (χ4v) is 3.43. The van der Waals surface area contributed by atoms with Crippen LogP contribution in [-0.2, 0) is 28.9 Å². The minimum Gasteiger partial charge on any atom is -0.352 e. The number of nitrogens with zero attached hydrogens (tertiary/aromatic N) is 2. The van der Waals surface area contributed by atoms with Crippen molar-refractivity contribution < 1.29 is 12.8 Å². The summed E-state index contributed by atoms with van der Waals surface area (Å²) in [6, 6.07) is 13.8. The molecule has 154 valence electrons. The summed E-state index contributed by atoms with van der Waals surface area (Å²) in [5.74, 6) is 0.329. The topological polar surface area (TPSA) is 73.8 Å². The Morgan fingerprint density at radius 2 is 1.75 bits per heavy atom. The van der Waals surface area contributed by atoms with Gasteiger partial charge in [0.15, 0.2) is 5.96 Å². The summed E-state index contributed by atoms with van der Waals surface area (Å²) in [6.07, 6.45) is 0. The van der Waals surface area contributed by atoms with Gasteiger partial charge in [0.25, 0.3) is 0 Å². The molecular weight excluding hydrogens is 494 g/mol. The zero-order valence-electron chi connectivity index (χ0n) is 16.1. The van der Waals surface area contributed by atoms with Crippen LogP contribution in [0.25, 0.3) is 0 Å².